The molecule has 0 saturated heterocycles. The van der Waals surface area contributed by atoms with Crippen LogP contribution < -0.4 is 5.73 Å². The van der Waals surface area contributed by atoms with Gasteiger partial charge in [-0.2, -0.15) is 0 Å². The van der Waals surface area contributed by atoms with Gasteiger partial charge in [-0.1, -0.05) is 6.07 Å². The van der Waals surface area contributed by atoms with Crippen molar-refractivity contribution in [1.82, 2.24) is 9.55 Å². The number of aryl methyl sites for hydroxylation is 1. The number of rotatable bonds is 0. The molecule has 0 aliphatic carbocycles. The van der Waals surface area contributed by atoms with Crippen molar-refractivity contribution in [1.29, 1.82) is 0 Å². The summed E-state index contributed by atoms with van der Waals surface area (Å²) in [4.78, 5) is 4.33. The van der Waals surface area contributed by atoms with E-state index in [-0.39, 0.29) is 11.9 Å². The van der Waals surface area contributed by atoms with Gasteiger partial charge in [-0.3, -0.25) is 0 Å². The summed E-state index contributed by atoms with van der Waals surface area (Å²) in [6.45, 7) is 0.772. The van der Waals surface area contributed by atoms with Gasteiger partial charge in [0.05, 0.1) is 11.6 Å². The van der Waals surface area contributed by atoms with Crippen LogP contribution >= 0.6 is 0 Å². The highest BCUT2D eigenvalue weighted by molar-refractivity contribution is 5.77. The Morgan fingerprint density at radius 2 is 2.36 bits per heavy atom. The van der Waals surface area contributed by atoms with Crippen molar-refractivity contribution in [3.63, 3.8) is 0 Å². The van der Waals surface area contributed by atoms with Gasteiger partial charge in [0.15, 0.2) is 0 Å². The molecule has 2 heterocycles. The highest BCUT2D eigenvalue weighted by Gasteiger charge is 2.24. The average molecular weight is 191 g/mol. The summed E-state index contributed by atoms with van der Waals surface area (Å²) < 4.78 is 15.4. The summed E-state index contributed by atoms with van der Waals surface area (Å²) in [7, 11) is 0. The summed E-state index contributed by atoms with van der Waals surface area (Å²) >= 11 is 0. The fraction of sp³-hybridized carbons (Fsp3) is 0.300. The summed E-state index contributed by atoms with van der Waals surface area (Å²) in [5.41, 5.74) is 7.15. The zero-order valence-electron chi connectivity index (χ0n) is 7.57. The predicted octanol–water partition coefficient (Wildman–Crippen LogP) is 1.58. The molecule has 0 fully saturated rings. The van der Waals surface area contributed by atoms with Crippen LogP contribution in [0.2, 0.25) is 0 Å². The number of imidazole rings is 1. The molecule has 0 bridgehead atoms. The molecular weight excluding hydrogens is 181 g/mol. The van der Waals surface area contributed by atoms with Crippen molar-refractivity contribution >= 4 is 11.0 Å². The maximum atomic E-state index is 13.5. The molecule has 0 radical (unpaired) electrons. The second-order valence-electron chi connectivity index (χ2n) is 3.62. The quantitative estimate of drug-likeness (QED) is 0.687. The lowest BCUT2D eigenvalue weighted by Crippen LogP contribution is -2.06. The number of nitrogens with two attached hydrogens (primary N) is 1. The van der Waals surface area contributed by atoms with E-state index in [1.807, 2.05) is 10.6 Å². The molecule has 1 aromatic heterocycles. The minimum absolute atomic E-state index is 0.0400. The first kappa shape index (κ1) is 7.94. The Kier molecular flexibility index (Phi) is 1.44. The largest absolute Gasteiger partial charge is 0.324 e. The van der Waals surface area contributed by atoms with Crippen molar-refractivity contribution in [2.24, 2.45) is 5.73 Å². The number of benzene rings is 1. The molecule has 1 aliphatic rings. The third-order valence-electron chi connectivity index (χ3n) is 2.74. The third kappa shape index (κ3) is 0.861. The Morgan fingerprint density at radius 3 is 3.21 bits per heavy atom. The number of para-hydroxylation sites is 1. The van der Waals surface area contributed by atoms with Gasteiger partial charge < -0.3 is 10.3 Å². The van der Waals surface area contributed by atoms with Crippen LogP contribution in [0.25, 0.3) is 11.0 Å². The van der Waals surface area contributed by atoms with E-state index in [2.05, 4.69) is 4.98 Å². The molecule has 4 heteroatoms. The van der Waals surface area contributed by atoms with E-state index in [0.717, 1.165) is 18.8 Å². The normalized spacial score (nSPS) is 20.3. The lowest BCUT2D eigenvalue weighted by atomic mass is 10.2. The van der Waals surface area contributed by atoms with Gasteiger partial charge in [-0.25, -0.2) is 9.37 Å². The lowest BCUT2D eigenvalue weighted by molar-refractivity contribution is 0.625. The van der Waals surface area contributed by atoms with Crippen molar-refractivity contribution in [3.8, 4) is 0 Å². The molecule has 72 valence electrons. The second-order valence-corrected chi connectivity index (χ2v) is 3.62. The number of hydrogen-bond donors (Lipinski definition) is 1. The van der Waals surface area contributed by atoms with Gasteiger partial charge in [0.2, 0.25) is 0 Å². The van der Waals surface area contributed by atoms with Crippen LogP contribution in [0.3, 0.4) is 0 Å². The zero-order chi connectivity index (χ0) is 9.71. The Bertz CT molecular complexity index is 503. The molecule has 0 saturated carbocycles. The number of fused-ring (bicyclic) bond motifs is 3. The molecule has 14 heavy (non-hydrogen) atoms. The summed E-state index contributed by atoms with van der Waals surface area (Å²) in [6.07, 6.45) is 0.854. The van der Waals surface area contributed by atoms with Gasteiger partial charge in [-0.15, -0.1) is 0 Å². The van der Waals surface area contributed by atoms with Crippen molar-refractivity contribution in [3.05, 3.63) is 29.8 Å². The highest BCUT2D eigenvalue weighted by atomic mass is 19.1. The van der Waals surface area contributed by atoms with E-state index in [9.17, 15) is 4.39 Å². The molecule has 3 nitrogen and oxygen atoms in total. The molecule has 2 N–H and O–H groups in total. The molecular formula is C10H10FN3. The molecule has 3 rings (SSSR count). The van der Waals surface area contributed by atoms with Crippen LogP contribution in [0.1, 0.15) is 18.3 Å². The molecule has 1 unspecified atom stereocenters. The smallest absolute Gasteiger partial charge is 0.149 e. The van der Waals surface area contributed by atoms with Crippen LogP contribution in [0, 0.1) is 5.82 Å². The zero-order valence-corrected chi connectivity index (χ0v) is 7.57. The van der Waals surface area contributed by atoms with Gasteiger partial charge in [0.1, 0.15) is 17.2 Å². The van der Waals surface area contributed by atoms with Crippen molar-refractivity contribution in [2.75, 3.05) is 0 Å². The van der Waals surface area contributed by atoms with Crippen LogP contribution in [0.15, 0.2) is 18.2 Å². The number of aromatic nitrogens is 2. The monoisotopic (exact) mass is 191 g/mol. The highest BCUT2D eigenvalue weighted by Crippen LogP contribution is 2.29. The van der Waals surface area contributed by atoms with Crippen LogP contribution in [0.4, 0.5) is 4.39 Å². The lowest BCUT2D eigenvalue weighted by Gasteiger charge is -1.98. The van der Waals surface area contributed by atoms with E-state index in [0.29, 0.717) is 11.0 Å². The molecule has 0 spiro atoms. The maximum absolute atomic E-state index is 13.5. The summed E-state index contributed by atoms with van der Waals surface area (Å²) in [6, 6.07) is 4.91. The fourth-order valence-electron chi connectivity index (χ4n) is 2.07. The predicted molar refractivity (Wildman–Crippen MR) is 51.2 cm³/mol. The van der Waals surface area contributed by atoms with E-state index in [1.165, 1.54) is 6.07 Å². The number of hydrogen-bond acceptors (Lipinski definition) is 2. The van der Waals surface area contributed by atoms with Gasteiger partial charge >= 0.3 is 0 Å². The summed E-state index contributed by atoms with van der Waals surface area (Å²) in [5, 5.41) is 0. The Balaban J connectivity index is 2.41. The van der Waals surface area contributed by atoms with E-state index >= 15 is 0 Å². The number of nitrogens with zero attached hydrogens (tertiary/aromatic N) is 2. The third-order valence-corrected chi connectivity index (χ3v) is 2.74. The fourth-order valence-corrected chi connectivity index (χ4v) is 2.07. The van der Waals surface area contributed by atoms with Gasteiger partial charge in [0, 0.05) is 6.54 Å². The minimum Gasteiger partial charge on any atom is -0.324 e. The van der Waals surface area contributed by atoms with Gasteiger partial charge in [0.25, 0.3) is 0 Å². The topological polar surface area (TPSA) is 43.8 Å². The molecule has 1 aliphatic heterocycles. The first-order chi connectivity index (χ1) is 6.77. The summed E-state index contributed by atoms with van der Waals surface area (Å²) in [5.74, 6) is 0.598. The molecule has 1 aromatic carbocycles. The second kappa shape index (κ2) is 2.54. The van der Waals surface area contributed by atoms with E-state index in [1.54, 1.807) is 6.07 Å². The van der Waals surface area contributed by atoms with Gasteiger partial charge in [-0.05, 0) is 18.6 Å². The standard InChI is InChI=1S/C10H10FN3/c11-6-2-1-3-8-9(6)14-5-4-7(12)10(14)13-8/h1-3,7H,4-5,12H2. The molecule has 2 aromatic rings. The SMILES string of the molecule is NC1CCn2c1nc1cccc(F)c12. The van der Waals surface area contributed by atoms with Crippen LogP contribution in [-0.2, 0) is 6.54 Å². The van der Waals surface area contributed by atoms with E-state index in [4.69, 9.17) is 5.73 Å². The van der Waals surface area contributed by atoms with Crippen LogP contribution in [-0.4, -0.2) is 9.55 Å². The Morgan fingerprint density at radius 1 is 1.50 bits per heavy atom. The first-order valence-electron chi connectivity index (χ1n) is 4.67. The Hall–Kier alpha value is -1.42. The van der Waals surface area contributed by atoms with E-state index < -0.39 is 0 Å². The Labute approximate surface area is 80.3 Å². The minimum atomic E-state index is -0.213. The van der Waals surface area contributed by atoms with Crippen LogP contribution in [0.5, 0.6) is 0 Å². The molecule has 1 atom stereocenters. The maximum Gasteiger partial charge on any atom is 0.149 e. The first-order valence-corrected chi connectivity index (χ1v) is 4.67. The van der Waals surface area contributed by atoms with Crippen molar-refractivity contribution < 1.29 is 4.39 Å². The average Bonchev–Trinajstić information content (AvgIpc) is 2.68. The molecule has 0 amide bonds. The number of halogens is 1. The van der Waals surface area contributed by atoms with Crippen molar-refractivity contribution in [2.45, 2.75) is 19.0 Å².